The third-order valence-electron chi connectivity index (χ3n) is 0.957. The van der Waals surface area contributed by atoms with E-state index >= 15 is 0 Å². The Kier molecular flexibility index (Phi) is 5.69. The summed E-state index contributed by atoms with van der Waals surface area (Å²) in [6, 6.07) is 0. The lowest BCUT2D eigenvalue weighted by Gasteiger charge is -2.20. The zero-order valence-corrected chi connectivity index (χ0v) is 12.1. The number of carbonyl (C=O) groups excluding carboxylic acids is 2. The van der Waals surface area contributed by atoms with Gasteiger partial charge < -0.3 is 9.47 Å². The summed E-state index contributed by atoms with van der Waals surface area (Å²) in [5.41, 5.74) is -1.09. The van der Waals surface area contributed by atoms with Crippen molar-refractivity contribution < 1.29 is 19.1 Å². The van der Waals surface area contributed by atoms with Gasteiger partial charge in [0, 0.05) is 21.6 Å². The minimum absolute atomic E-state index is 0.497. The minimum atomic E-state index is -0.543. The van der Waals surface area contributed by atoms with E-state index in [1.165, 1.54) is 0 Å². The van der Waals surface area contributed by atoms with Crippen molar-refractivity contribution in [1.82, 2.24) is 0 Å². The summed E-state index contributed by atoms with van der Waals surface area (Å²) in [5, 5.41) is -0.994. The van der Waals surface area contributed by atoms with Gasteiger partial charge in [-0.2, -0.15) is 0 Å². The fourth-order valence-corrected chi connectivity index (χ4v) is 1.92. The Morgan fingerprint density at radius 2 is 1.00 bits per heavy atom. The van der Waals surface area contributed by atoms with Crippen LogP contribution in [0.3, 0.4) is 0 Å². The van der Waals surface area contributed by atoms with E-state index in [-0.39, 0.29) is 0 Å². The molecule has 0 aromatic carbocycles. The van der Waals surface area contributed by atoms with E-state index in [9.17, 15) is 9.59 Å². The Bertz CT molecular complexity index is 235. The fourth-order valence-electron chi connectivity index (χ4n) is 0.602. The second-order valence-corrected chi connectivity index (χ2v) is 7.10. The van der Waals surface area contributed by atoms with Gasteiger partial charge in [0.1, 0.15) is 11.2 Å². The van der Waals surface area contributed by atoms with Crippen molar-refractivity contribution in [3.63, 3.8) is 0 Å². The summed E-state index contributed by atoms with van der Waals surface area (Å²) in [4.78, 5) is 22.5. The van der Waals surface area contributed by atoms with Gasteiger partial charge in [0.2, 0.25) is 0 Å². The number of hydrogen-bond donors (Lipinski definition) is 0. The smallest absolute Gasteiger partial charge is 0.379 e. The first kappa shape index (κ1) is 15.6. The highest BCUT2D eigenvalue weighted by Crippen LogP contribution is 2.29. The molecular formula is C10H18O4S2. The maximum atomic E-state index is 11.2. The van der Waals surface area contributed by atoms with Gasteiger partial charge in [0.25, 0.3) is 0 Å². The van der Waals surface area contributed by atoms with E-state index in [0.717, 1.165) is 21.6 Å². The van der Waals surface area contributed by atoms with Crippen molar-refractivity contribution in [2.75, 3.05) is 0 Å². The molecule has 0 amide bonds. The zero-order valence-electron chi connectivity index (χ0n) is 10.4. The van der Waals surface area contributed by atoms with Crippen molar-refractivity contribution in [1.29, 1.82) is 0 Å². The lowest BCUT2D eigenvalue weighted by atomic mass is 10.2. The molecule has 0 saturated carbocycles. The standard InChI is InChI=1S/C10H18O4S2/c1-9(2,3)13-7(11)15-16-8(12)14-10(4,5)6/h1-6H3. The van der Waals surface area contributed by atoms with Crippen LogP contribution in [0.5, 0.6) is 0 Å². The summed E-state index contributed by atoms with van der Waals surface area (Å²) < 4.78 is 10.0. The van der Waals surface area contributed by atoms with Crippen molar-refractivity contribution in [3.05, 3.63) is 0 Å². The first-order valence-corrected chi connectivity index (χ1v) is 6.95. The Morgan fingerprint density at radius 1 is 0.750 bits per heavy atom. The van der Waals surface area contributed by atoms with Gasteiger partial charge in [-0.15, -0.1) is 0 Å². The van der Waals surface area contributed by atoms with Gasteiger partial charge in [-0.3, -0.25) is 0 Å². The van der Waals surface area contributed by atoms with Crippen LogP contribution in [0.2, 0.25) is 0 Å². The van der Waals surface area contributed by atoms with E-state index in [4.69, 9.17) is 9.47 Å². The molecule has 4 nitrogen and oxygen atoms in total. The van der Waals surface area contributed by atoms with Crippen LogP contribution in [0.4, 0.5) is 9.59 Å². The minimum Gasteiger partial charge on any atom is -0.451 e. The summed E-state index contributed by atoms with van der Waals surface area (Å²) >= 11 is 0. The monoisotopic (exact) mass is 266 g/mol. The van der Waals surface area contributed by atoms with Crippen LogP contribution < -0.4 is 0 Å². The SMILES string of the molecule is CC(C)(C)OC(=O)SSC(=O)OC(C)(C)C. The maximum absolute atomic E-state index is 11.2. The van der Waals surface area contributed by atoms with Crippen LogP contribution in [0, 0.1) is 0 Å². The number of rotatable bonds is 0. The van der Waals surface area contributed by atoms with E-state index < -0.39 is 21.8 Å². The molecule has 6 heteroatoms. The van der Waals surface area contributed by atoms with Gasteiger partial charge in [0.05, 0.1) is 0 Å². The zero-order chi connectivity index (χ0) is 13.0. The first-order valence-electron chi connectivity index (χ1n) is 4.80. The molecule has 0 aliphatic rings. The first-order chi connectivity index (χ1) is 6.99. The van der Waals surface area contributed by atoms with E-state index in [0.29, 0.717) is 0 Å². The Hall–Kier alpha value is -0.360. The molecule has 0 aromatic heterocycles. The Morgan fingerprint density at radius 3 is 1.19 bits per heavy atom. The quantitative estimate of drug-likeness (QED) is 0.483. The molecule has 0 aromatic rings. The molecule has 94 valence electrons. The topological polar surface area (TPSA) is 52.6 Å². The normalized spacial score (nSPS) is 12.1. The molecule has 0 aliphatic carbocycles. The second-order valence-electron chi connectivity index (χ2n) is 5.10. The maximum Gasteiger partial charge on any atom is 0.379 e. The van der Waals surface area contributed by atoms with E-state index in [2.05, 4.69) is 0 Å². The average molecular weight is 266 g/mol. The highest BCUT2D eigenvalue weighted by molar-refractivity contribution is 8.86. The third-order valence-corrected chi connectivity index (χ3v) is 2.55. The molecule has 0 unspecified atom stereocenters. The summed E-state index contributed by atoms with van der Waals surface area (Å²) in [7, 11) is 1.47. The lowest BCUT2D eigenvalue weighted by molar-refractivity contribution is 0.0722. The van der Waals surface area contributed by atoms with Crippen LogP contribution in [0.15, 0.2) is 0 Å². The molecule has 0 rings (SSSR count). The molecule has 0 saturated heterocycles. The van der Waals surface area contributed by atoms with Crippen LogP contribution in [-0.4, -0.2) is 21.8 Å². The molecular weight excluding hydrogens is 248 g/mol. The predicted molar refractivity (Wildman–Crippen MR) is 67.7 cm³/mol. The Labute approximate surface area is 104 Å². The lowest BCUT2D eigenvalue weighted by Crippen LogP contribution is -2.22. The average Bonchev–Trinajstić information content (AvgIpc) is 1.94. The molecule has 0 bridgehead atoms. The summed E-state index contributed by atoms with van der Waals surface area (Å²) in [6.45, 7) is 10.6. The molecule has 0 fully saturated rings. The Balaban J connectivity index is 3.90. The highest BCUT2D eigenvalue weighted by atomic mass is 33.1. The van der Waals surface area contributed by atoms with E-state index in [1.807, 2.05) is 0 Å². The van der Waals surface area contributed by atoms with Crippen molar-refractivity contribution >= 4 is 32.2 Å². The number of hydrogen-bond acceptors (Lipinski definition) is 6. The van der Waals surface area contributed by atoms with Crippen LogP contribution in [0.25, 0.3) is 0 Å². The van der Waals surface area contributed by atoms with Crippen molar-refractivity contribution in [2.45, 2.75) is 52.7 Å². The van der Waals surface area contributed by atoms with Gasteiger partial charge in [-0.25, -0.2) is 9.59 Å². The van der Waals surface area contributed by atoms with Gasteiger partial charge >= 0.3 is 10.6 Å². The molecule has 0 N–H and O–H groups in total. The van der Waals surface area contributed by atoms with Gasteiger partial charge in [0.15, 0.2) is 0 Å². The predicted octanol–water partition coefficient (Wildman–Crippen LogP) is 4.24. The summed E-state index contributed by atoms with van der Waals surface area (Å²) in [5.74, 6) is 0. The molecule has 0 radical (unpaired) electrons. The van der Waals surface area contributed by atoms with Crippen LogP contribution >= 0.6 is 21.6 Å². The third kappa shape index (κ3) is 10.2. The van der Waals surface area contributed by atoms with Crippen molar-refractivity contribution in [2.24, 2.45) is 0 Å². The number of ether oxygens (including phenoxy) is 2. The highest BCUT2D eigenvalue weighted by Gasteiger charge is 2.21. The largest absolute Gasteiger partial charge is 0.451 e. The fraction of sp³-hybridized carbons (Fsp3) is 0.800. The summed E-state index contributed by atoms with van der Waals surface area (Å²) in [6.07, 6.45) is 0. The molecule has 0 aliphatic heterocycles. The van der Waals surface area contributed by atoms with Crippen LogP contribution in [0.1, 0.15) is 41.5 Å². The molecule has 0 heterocycles. The molecule has 0 spiro atoms. The van der Waals surface area contributed by atoms with Crippen LogP contribution in [-0.2, 0) is 9.47 Å². The number of carbonyl (C=O) groups is 2. The van der Waals surface area contributed by atoms with Gasteiger partial charge in [-0.1, -0.05) is 0 Å². The molecule has 16 heavy (non-hydrogen) atoms. The van der Waals surface area contributed by atoms with Gasteiger partial charge in [-0.05, 0) is 41.5 Å². The van der Waals surface area contributed by atoms with E-state index in [1.54, 1.807) is 41.5 Å². The second kappa shape index (κ2) is 5.82. The van der Waals surface area contributed by atoms with Crippen molar-refractivity contribution in [3.8, 4) is 0 Å². The molecule has 0 atom stereocenters.